The van der Waals surface area contributed by atoms with Crippen LogP contribution in [0.4, 0.5) is 11.4 Å². The number of hydrogen-bond donors (Lipinski definition) is 0. The molecule has 4 heterocycles. The van der Waals surface area contributed by atoms with E-state index in [9.17, 15) is 0 Å². The SMILES string of the molecule is Cc1nccn1-c1ccc(N2CCN(c3ccc(OC(c4ccc(Cl)cc4Cl)[C@@H]4CO[C@H](Cn5ccnc5)O4)cc3)CC2)cc1. The predicted molar refractivity (Wildman–Crippen MR) is 176 cm³/mol. The van der Waals surface area contributed by atoms with Crippen LogP contribution in [0.5, 0.6) is 5.75 Å². The number of aryl methyl sites for hydroxylation is 1. The molecule has 0 saturated carbocycles. The first kappa shape index (κ1) is 29.7. The van der Waals surface area contributed by atoms with Crippen molar-refractivity contribution in [3.8, 4) is 11.4 Å². The second kappa shape index (κ2) is 13.1. The fourth-order valence-corrected chi connectivity index (χ4v) is 6.46. The van der Waals surface area contributed by atoms with Gasteiger partial charge in [-0.3, -0.25) is 0 Å². The third-order valence-corrected chi connectivity index (χ3v) is 8.92. The van der Waals surface area contributed by atoms with E-state index in [2.05, 4.69) is 60.7 Å². The number of imidazole rings is 2. The van der Waals surface area contributed by atoms with Crippen LogP contribution in [0.25, 0.3) is 5.69 Å². The quantitative estimate of drug-likeness (QED) is 0.180. The lowest BCUT2D eigenvalue weighted by Gasteiger charge is -2.37. The summed E-state index contributed by atoms with van der Waals surface area (Å²) in [7, 11) is 0. The monoisotopic (exact) mass is 644 g/mol. The van der Waals surface area contributed by atoms with Crippen LogP contribution in [0.1, 0.15) is 17.5 Å². The van der Waals surface area contributed by atoms with Crippen molar-refractivity contribution in [1.82, 2.24) is 19.1 Å². The first-order valence-electron chi connectivity index (χ1n) is 15.0. The summed E-state index contributed by atoms with van der Waals surface area (Å²) in [6.45, 7) is 6.66. The van der Waals surface area contributed by atoms with Crippen molar-refractivity contribution < 1.29 is 14.2 Å². The van der Waals surface area contributed by atoms with Gasteiger partial charge in [0.15, 0.2) is 12.4 Å². The van der Waals surface area contributed by atoms with Crippen LogP contribution in [-0.4, -0.2) is 64.3 Å². The molecule has 2 saturated heterocycles. The van der Waals surface area contributed by atoms with Crippen LogP contribution < -0.4 is 14.5 Å². The lowest BCUT2D eigenvalue weighted by molar-refractivity contribution is -0.0851. The Kier molecular flexibility index (Phi) is 8.67. The molecule has 2 aliphatic heterocycles. The van der Waals surface area contributed by atoms with E-state index >= 15 is 0 Å². The van der Waals surface area contributed by atoms with E-state index < -0.39 is 12.4 Å². The summed E-state index contributed by atoms with van der Waals surface area (Å²) in [6.07, 6.45) is 7.92. The fourth-order valence-electron chi connectivity index (χ4n) is 5.95. The Bertz CT molecular complexity index is 1700. The Labute approximate surface area is 272 Å². The maximum atomic E-state index is 6.65. The van der Waals surface area contributed by atoms with E-state index in [1.54, 1.807) is 18.6 Å². The second-order valence-corrected chi connectivity index (χ2v) is 12.1. The highest BCUT2D eigenvalue weighted by molar-refractivity contribution is 6.35. The van der Waals surface area contributed by atoms with E-state index in [0.29, 0.717) is 23.2 Å². The maximum absolute atomic E-state index is 6.65. The van der Waals surface area contributed by atoms with Crippen molar-refractivity contribution in [2.75, 3.05) is 42.6 Å². The van der Waals surface area contributed by atoms with Crippen molar-refractivity contribution >= 4 is 34.6 Å². The lowest BCUT2D eigenvalue weighted by atomic mass is 10.0. The fraction of sp³-hybridized carbons (Fsp3) is 0.294. The summed E-state index contributed by atoms with van der Waals surface area (Å²) in [5, 5.41) is 1.09. The molecule has 2 aliphatic rings. The van der Waals surface area contributed by atoms with Gasteiger partial charge in [-0.05, 0) is 67.6 Å². The summed E-state index contributed by atoms with van der Waals surface area (Å²) in [5.41, 5.74) is 4.31. The molecule has 2 fully saturated rings. The molecule has 7 rings (SSSR count). The molecule has 0 spiro atoms. The molecule has 3 atom stereocenters. The molecule has 1 unspecified atom stereocenters. The summed E-state index contributed by atoms with van der Waals surface area (Å²) >= 11 is 12.9. The minimum absolute atomic E-state index is 0.358. The highest BCUT2D eigenvalue weighted by atomic mass is 35.5. The lowest BCUT2D eigenvalue weighted by Crippen LogP contribution is -2.46. The smallest absolute Gasteiger partial charge is 0.176 e. The van der Waals surface area contributed by atoms with Gasteiger partial charge in [-0.15, -0.1) is 0 Å². The third-order valence-electron chi connectivity index (χ3n) is 8.36. The summed E-state index contributed by atoms with van der Waals surface area (Å²) < 4.78 is 22.9. The number of rotatable bonds is 9. The minimum Gasteiger partial charge on any atom is -0.483 e. The Hall–Kier alpha value is -4.02. The zero-order chi connectivity index (χ0) is 30.8. The van der Waals surface area contributed by atoms with Crippen LogP contribution in [0.3, 0.4) is 0 Å². The Morgan fingerprint density at radius 3 is 2.18 bits per heavy atom. The number of halogens is 2. The van der Waals surface area contributed by atoms with E-state index in [0.717, 1.165) is 54.7 Å². The Balaban J connectivity index is 0.996. The number of ether oxygens (including phenoxy) is 3. The first-order valence-corrected chi connectivity index (χ1v) is 15.8. The van der Waals surface area contributed by atoms with Gasteiger partial charge < -0.3 is 33.1 Å². The summed E-state index contributed by atoms with van der Waals surface area (Å²) in [5.74, 6) is 1.71. The molecular formula is C34H34Cl2N6O3. The molecule has 3 aromatic carbocycles. The first-order chi connectivity index (χ1) is 22.0. The van der Waals surface area contributed by atoms with E-state index in [1.165, 1.54) is 5.69 Å². The number of benzene rings is 3. The molecule has 5 aromatic rings. The Morgan fingerprint density at radius 2 is 1.56 bits per heavy atom. The van der Waals surface area contributed by atoms with Gasteiger partial charge in [-0.1, -0.05) is 29.3 Å². The van der Waals surface area contributed by atoms with Crippen LogP contribution in [0, 0.1) is 6.92 Å². The highest BCUT2D eigenvalue weighted by Gasteiger charge is 2.36. The van der Waals surface area contributed by atoms with E-state index in [-0.39, 0.29) is 6.10 Å². The predicted octanol–water partition coefficient (Wildman–Crippen LogP) is 6.57. The molecule has 2 aromatic heterocycles. The normalized spacial score (nSPS) is 19.2. The van der Waals surface area contributed by atoms with Gasteiger partial charge >= 0.3 is 0 Å². The van der Waals surface area contributed by atoms with Crippen molar-refractivity contribution in [2.24, 2.45) is 0 Å². The molecule has 0 bridgehead atoms. The van der Waals surface area contributed by atoms with Gasteiger partial charge in [0.25, 0.3) is 0 Å². The van der Waals surface area contributed by atoms with Crippen molar-refractivity contribution in [3.63, 3.8) is 0 Å². The molecule has 0 aliphatic carbocycles. The van der Waals surface area contributed by atoms with Crippen LogP contribution in [0.2, 0.25) is 10.0 Å². The number of hydrogen-bond acceptors (Lipinski definition) is 7. The molecule has 0 amide bonds. The minimum atomic E-state index is -0.485. The molecule has 0 N–H and O–H groups in total. The molecule has 0 radical (unpaired) electrons. The topological polar surface area (TPSA) is 69.8 Å². The average molecular weight is 646 g/mol. The van der Waals surface area contributed by atoms with Gasteiger partial charge in [0, 0.05) is 83.6 Å². The molecule has 232 valence electrons. The van der Waals surface area contributed by atoms with Gasteiger partial charge in [-0.25, -0.2) is 9.97 Å². The van der Waals surface area contributed by atoms with E-state index in [1.807, 2.05) is 54.3 Å². The van der Waals surface area contributed by atoms with Crippen LogP contribution in [0.15, 0.2) is 97.8 Å². The van der Waals surface area contributed by atoms with Crippen molar-refractivity contribution in [3.05, 3.63) is 119 Å². The molecular weight excluding hydrogens is 611 g/mol. The van der Waals surface area contributed by atoms with Crippen LogP contribution in [-0.2, 0) is 16.0 Å². The van der Waals surface area contributed by atoms with Gasteiger partial charge in [-0.2, -0.15) is 0 Å². The standard InChI is InChI=1S/C34H34Cl2N6O3/c1-24-38-13-15-42(24)28-5-3-26(4-6-28)40-16-18-41(19-17-40)27-7-9-29(10-8-27)44-34(30-11-2-25(35)20-31(30)36)32-22-43-33(45-32)21-39-14-12-37-23-39/h2-15,20,23,32-34H,16-19,21-22H2,1H3/t32-,33-,34?/m0/s1. The highest BCUT2D eigenvalue weighted by Crippen LogP contribution is 2.36. The molecule has 45 heavy (non-hydrogen) atoms. The average Bonchev–Trinajstić information content (AvgIpc) is 3.84. The van der Waals surface area contributed by atoms with Gasteiger partial charge in [0.1, 0.15) is 17.7 Å². The summed E-state index contributed by atoms with van der Waals surface area (Å²) in [6, 6.07) is 22.4. The zero-order valence-corrected chi connectivity index (χ0v) is 26.4. The largest absolute Gasteiger partial charge is 0.483 e. The van der Waals surface area contributed by atoms with Crippen molar-refractivity contribution in [2.45, 2.75) is 32.0 Å². The number of piperazine rings is 1. The summed E-state index contributed by atoms with van der Waals surface area (Å²) in [4.78, 5) is 13.3. The van der Waals surface area contributed by atoms with E-state index in [4.69, 9.17) is 37.4 Å². The Morgan fingerprint density at radius 1 is 0.867 bits per heavy atom. The second-order valence-electron chi connectivity index (χ2n) is 11.2. The number of anilines is 2. The number of nitrogens with zero attached hydrogens (tertiary/aromatic N) is 6. The number of aromatic nitrogens is 4. The zero-order valence-electron chi connectivity index (χ0n) is 24.9. The van der Waals surface area contributed by atoms with Crippen LogP contribution >= 0.6 is 23.2 Å². The molecule has 9 nitrogen and oxygen atoms in total. The van der Waals surface area contributed by atoms with Crippen molar-refractivity contribution in [1.29, 1.82) is 0 Å². The van der Waals surface area contributed by atoms with Gasteiger partial charge in [0.05, 0.1) is 19.5 Å². The molecule has 11 heteroatoms. The maximum Gasteiger partial charge on any atom is 0.176 e. The van der Waals surface area contributed by atoms with Gasteiger partial charge in [0.2, 0.25) is 0 Å². The third kappa shape index (κ3) is 6.67.